The molecule has 1 amide bonds. The van der Waals surface area contributed by atoms with Crippen molar-refractivity contribution in [2.45, 2.75) is 28.4 Å². The van der Waals surface area contributed by atoms with E-state index in [9.17, 15) is 21.6 Å². The Hall–Kier alpha value is -1.50. The van der Waals surface area contributed by atoms with Crippen LogP contribution in [0.4, 0.5) is 0 Å². The van der Waals surface area contributed by atoms with Crippen molar-refractivity contribution in [1.29, 1.82) is 0 Å². The Morgan fingerprint density at radius 3 is 2.12 bits per heavy atom. The quantitative estimate of drug-likeness (QED) is 0.607. The lowest BCUT2D eigenvalue weighted by Crippen LogP contribution is -2.50. The lowest BCUT2D eigenvalue weighted by atomic mass is 10.2. The fraction of sp³-hybridized carbons (Fsp3) is 0.450. The number of carbonyl (C=O) groups is 1. The van der Waals surface area contributed by atoms with Crippen molar-refractivity contribution in [1.82, 2.24) is 13.5 Å². The highest BCUT2D eigenvalue weighted by Gasteiger charge is 2.32. The van der Waals surface area contributed by atoms with E-state index in [1.54, 1.807) is 22.4 Å². The number of piperidine rings is 1. The Labute approximate surface area is 197 Å². The number of sulfonamides is 2. The number of nitrogens with zero attached hydrogens (tertiary/aromatic N) is 3. The van der Waals surface area contributed by atoms with Crippen molar-refractivity contribution in [2.24, 2.45) is 0 Å². The van der Waals surface area contributed by atoms with Crippen LogP contribution in [0.1, 0.15) is 29.6 Å². The number of amides is 1. The molecule has 0 unspecified atom stereocenters. The van der Waals surface area contributed by atoms with Gasteiger partial charge in [0.15, 0.2) is 0 Å². The first-order chi connectivity index (χ1) is 15.2. The molecule has 4 rings (SSSR count). The van der Waals surface area contributed by atoms with E-state index in [2.05, 4.69) is 0 Å². The van der Waals surface area contributed by atoms with Gasteiger partial charge in [-0.1, -0.05) is 24.1 Å². The summed E-state index contributed by atoms with van der Waals surface area (Å²) in [4.78, 5) is 14.5. The summed E-state index contributed by atoms with van der Waals surface area (Å²) in [6.45, 7) is 1.69. The summed E-state index contributed by atoms with van der Waals surface area (Å²) in [6, 6.07) is 7.53. The third kappa shape index (κ3) is 4.59. The van der Waals surface area contributed by atoms with Gasteiger partial charge in [0.1, 0.15) is 9.10 Å². The molecule has 0 aliphatic carbocycles. The van der Waals surface area contributed by atoms with E-state index in [1.807, 2.05) is 0 Å². The fourth-order valence-corrected chi connectivity index (χ4v) is 8.51. The second-order valence-electron chi connectivity index (χ2n) is 7.74. The molecule has 2 aliphatic heterocycles. The highest BCUT2D eigenvalue weighted by Crippen LogP contribution is 2.29. The van der Waals surface area contributed by atoms with Crippen LogP contribution < -0.4 is 0 Å². The molecule has 174 valence electrons. The Morgan fingerprint density at radius 2 is 1.50 bits per heavy atom. The molecule has 0 atom stereocenters. The molecule has 12 heteroatoms. The van der Waals surface area contributed by atoms with E-state index < -0.39 is 20.0 Å². The second-order valence-corrected chi connectivity index (χ2v) is 13.2. The van der Waals surface area contributed by atoms with Crippen LogP contribution in [0.15, 0.2) is 44.8 Å². The number of thiophene rings is 1. The number of piperazine rings is 1. The number of benzene rings is 1. The zero-order valence-corrected chi connectivity index (χ0v) is 20.5. The van der Waals surface area contributed by atoms with Crippen molar-refractivity contribution < 1.29 is 21.6 Å². The molecule has 0 radical (unpaired) electrons. The topological polar surface area (TPSA) is 95.1 Å². The number of hydrogen-bond acceptors (Lipinski definition) is 6. The van der Waals surface area contributed by atoms with Gasteiger partial charge in [-0.25, -0.2) is 16.8 Å². The van der Waals surface area contributed by atoms with Crippen LogP contribution in [0.25, 0.3) is 0 Å². The smallest absolute Gasteiger partial charge is 0.253 e. The van der Waals surface area contributed by atoms with E-state index in [1.165, 1.54) is 26.8 Å². The monoisotopic (exact) mass is 517 g/mol. The minimum Gasteiger partial charge on any atom is -0.336 e. The Kier molecular flexibility index (Phi) is 6.94. The third-order valence-corrected chi connectivity index (χ3v) is 11.4. The van der Waals surface area contributed by atoms with Crippen LogP contribution in [0, 0.1) is 0 Å². The van der Waals surface area contributed by atoms with Crippen LogP contribution in [-0.2, 0) is 20.0 Å². The Morgan fingerprint density at radius 1 is 0.844 bits per heavy atom. The van der Waals surface area contributed by atoms with Crippen molar-refractivity contribution in [3.8, 4) is 0 Å². The molecule has 2 saturated heterocycles. The highest BCUT2D eigenvalue weighted by atomic mass is 35.5. The van der Waals surface area contributed by atoms with E-state index >= 15 is 0 Å². The number of halogens is 1. The van der Waals surface area contributed by atoms with Gasteiger partial charge in [0, 0.05) is 44.8 Å². The van der Waals surface area contributed by atoms with Crippen LogP contribution in [0.5, 0.6) is 0 Å². The molecule has 32 heavy (non-hydrogen) atoms. The minimum absolute atomic E-state index is 0.0641. The molecule has 8 nitrogen and oxygen atoms in total. The summed E-state index contributed by atoms with van der Waals surface area (Å²) in [5, 5.41) is 1.79. The van der Waals surface area contributed by atoms with Crippen molar-refractivity contribution >= 4 is 48.9 Å². The minimum atomic E-state index is -3.79. The maximum Gasteiger partial charge on any atom is 0.253 e. The van der Waals surface area contributed by atoms with Crippen molar-refractivity contribution in [3.63, 3.8) is 0 Å². The zero-order valence-electron chi connectivity index (χ0n) is 17.3. The second kappa shape index (κ2) is 9.40. The highest BCUT2D eigenvalue weighted by molar-refractivity contribution is 7.91. The molecule has 0 saturated carbocycles. The predicted molar refractivity (Wildman–Crippen MR) is 123 cm³/mol. The van der Waals surface area contributed by atoms with E-state index in [0.29, 0.717) is 13.1 Å². The van der Waals surface area contributed by atoms with Gasteiger partial charge in [-0.3, -0.25) is 4.79 Å². The summed E-state index contributed by atoms with van der Waals surface area (Å²) in [7, 11) is -7.35. The van der Waals surface area contributed by atoms with Crippen LogP contribution >= 0.6 is 22.9 Å². The van der Waals surface area contributed by atoms with Gasteiger partial charge in [-0.05, 0) is 42.5 Å². The normalized spacial score (nSPS) is 19.2. The SMILES string of the molecule is O=C(c1ccc(Cl)c(S(=O)(=O)N2CCCCC2)c1)N1CCN(S(=O)(=O)c2cccs2)CC1. The first-order valence-electron chi connectivity index (χ1n) is 10.3. The largest absolute Gasteiger partial charge is 0.336 e. The molecule has 2 aliphatic rings. The third-order valence-electron chi connectivity index (χ3n) is 5.73. The van der Waals surface area contributed by atoms with Crippen LogP contribution in [-0.4, -0.2) is 75.5 Å². The van der Waals surface area contributed by atoms with Gasteiger partial charge >= 0.3 is 0 Å². The molecule has 2 fully saturated rings. The zero-order chi connectivity index (χ0) is 22.9. The molecular weight excluding hydrogens is 494 g/mol. The van der Waals surface area contributed by atoms with Gasteiger partial charge in [-0.2, -0.15) is 8.61 Å². The summed E-state index contributed by atoms with van der Waals surface area (Å²) >= 11 is 7.37. The van der Waals surface area contributed by atoms with Crippen molar-refractivity contribution in [3.05, 3.63) is 46.3 Å². The van der Waals surface area contributed by atoms with Gasteiger partial charge < -0.3 is 4.90 Å². The van der Waals surface area contributed by atoms with Crippen LogP contribution in [0.2, 0.25) is 5.02 Å². The Balaban J connectivity index is 1.49. The maximum atomic E-state index is 13.1. The number of rotatable bonds is 5. The van der Waals surface area contributed by atoms with Gasteiger partial charge in [0.25, 0.3) is 15.9 Å². The summed E-state index contributed by atoms with van der Waals surface area (Å²) in [5.41, 5.74) is 0.222. The molecule has 1 aromatic heterocycles. The fourth-order valence-electron chi connectivity index (χ4n) is 3.93. The van der Waals surface area contributed by atoms with Crippen molar-refractivity contribution in [2.75, 3.05) is 39.3 Å². The standard InChI is InChI=1S/C20H24ClN3O5S3/c21-17-7-6-16(15-18(17)31(26,27)23-8-2-1-3-9-23)20(25)22-10-12-24(13-11-22)32(28,29)19-5-4-14-30-19/h4-7,14-15H,1-3,8-13H2. The van der Waals surface area contributed by atoms with E-state index in [4.69, 9.17) is 11.6 Å². The molecule has 3 heterocycles. The molecular formula is C20H24ClN3O5S3. The lowest BCUT2D eigenvalue weighted by molar-refractivity contribution is 0.0697. The average Bonchev–Trinajstić information content (AvgIpc) is 3.35. The summed E-state index contributed by atoms with van der Waals surface area (Å²) < 4.78 is 54.6. The Bertz CT molecular complexity index is 1190. The molecule has 0 N–H and O–H groups in total. The summed E-state index contributed by atoms with van der Waals surface area (Å²) in [5.74, 6) is -0.343. The van der Waals surface area contributed by atoms with E-state index in [0.717, 1.165) is 30.6 Å². The number of carbonyl (C=O) groups excluding carboxylic acids is 1. The maximum absolute atomic E-state index is 13.1. The van der Waals surface area contributed by atoms with E-state index in [-0.39, 0.29) is 51.8 Å². The van der Waals surface area contributed by atoms with Gasteiger partial charge in [0.05, 0.1) is 5.02 Å². The summed E-state index contributed by atoms with van der Waals surface area (Å²) in [6.07, 6.45) is 2.59. The molecule has 0 bridgehead atoms. The molecule has 2 aromatic rings. The molecule has 0 spiro atoms. The number of hydrogen-bond donors (Lipinski definition) is 0. The van der Waals surface area contributed by atoms with Crippen LogP contribution in [0.3, 0.4) is 0 Å². The predicted octanol–water partition coefficient (Wildman–Crippen LogP) is 2.72. The first-order valence-corrected chi connectivity index (χ1v) is 14.5. The lowest BCUT2D eigenvalue weighted by Gasteiger charge is -2.34. The molecule has 1 aromatic carbocycles. The first kappa shape index (κ1) is 23.7. The van der Waals surface area contributed by atoms with Gasteiger partial charge in [-0.15, -0.1) is 11.3 Å². The van der Waals surface area contributed by atoms with Gasteiger partial charge in [0.2, 0.25) is 10.0 Å². The average molecular weight is 518 g/mol.